The fourth-order valence-electron chi connectivity index (χ4n) is 1.15. The summed E-state index contributed by atoms with van der Waals surface area (Å²) >= 11 is 0. The molecule has 1 saturated carbocycles. The lowest BCUT2D eigenvalue weighted by Crippen LogP contribution is -2.07. The summed E-state index contributed by atoms with van der Waals surface area (Å²) in [5.41, 5.74) is 0.815. The quantitative estimate of drug-likeness (QED) is 0.542. The SMILES string of the molecule is CC(C)N=C1CCCC1=O. The van der Waals surface area contributed by atoms with Crippen molar-refractivity contribution in [1.29, 1.82) is 0 Å². The van der Waals surface area contributed by atoms with Crippen LogP contribution in [0.5, 0.6) is 0 Å². The Morgan fingerprint density at radius 3 is 2.50 bits per heavy atom. The van der Waals surface area contributed by atoms with Crippen molar-refractivity contribution < 1.29 is 4.79 Å². The summed E-state index contributed by atoms with van der Waals surface area (Å²) < 4.78 is 0. The zero-order valence-electron chi connectivity index (χ0n) is 6.55. The van der Waals surface area contributed by atoms with Crippen LogP contribution in [0.1, 0.15) is 33.1 Å². The zero-order valence-corrected chi connectivity index (χ0v) is 6.55. The molecule has 2 heteroatoms. The molecule has 0 aromatic carbocycles. The number of hydrogen-bond acceptors (Lipinski definition) is 2. The van der Waals surface area contributed by atoms with E-state index in [9.17, 15) is 4.79 Å². The van der Waals surface area contributed by atoms with Gasteiger partial charge in [0, 0.05) is 12.5 Å². The van der Waals surface area contributed by atoms with Gasteiger partial charge in [-0.05, 0) is 26.7 Å². The molecule has 1 rings (SSSR count). The van der Waals surface area contributed by atoms with Crippen LogP contribution in [0.4, 0.5) is 0 Å². The summed E-state index contributed by atoms with van der Waals surface area (Å²) in [6.45, 7) is 4.00. The summed E-state index contributed by atoms with van der Waals surface area (Å²) in [4.78, 5) is 15.2. The third kappa shape index (κ3) is 1.66. The third-order valence-electron chi connectivity index (χ3n) is 1.55. The van der Waals surface area contributed by atoms with Gasteiger partial charge in [0.1, 0.15) is 0 Å². The van der Waals surface area contributed by atoms with Crippen LogP contribution in [0.15, 0.2) is 4.99 Å². The largest absolute Gasteiger partial charge is 0.293 e. The number of hydrogen-bond donors (Lipinski definition) is 0. The second-order valence-corrected chi connectivity index (χ2v) is 2.95. The first kappa shape index (κ1) is 7.45. The zero-order chi connectivity index (χ0) is 7.56. The fourth-order valence-corrected chi connectivity index (χ4v) is 1.15. The molecule has 0 N–H and O–H groups in total. The van der Waals surface area contributed by atoms with Crippen molar-refractivity contribution in [3.63, 3.8) is 0 Å². The van der Waals surface area contributed by atoms with Gasteiger partial charge in [-0.15, -0.1) is 0 Å². The molecule has 0 amide bonds. The number of aliphatic imine (C=N–C) groups is 1. The smallest absolute Gasteiger partial charge is 0.176 e. The summed E-state index contributed by atoms with van der Waals surface area (Å²) in [6, 6.07) is 0.275. The molecule has 0 spiro atoms. The van der Waals surface area contributed by atoms with Gasteiger partial charge in [-0.3, -0.25) is 9.79 Å². The van der Waals surface area contributed by atoms with E-state index in [0.29, 0.717) is 6.42 Å². The Kier molecular flexibility index (Phi) is 2.20. The second-order valence-electron chi connectivity index (χ2n) is 2.95. The summed E-state index contributed by atoms with van der Waals surface area (Å²) in [5.74, 6) is 0.258. The van der Waals surface area contributed by atoms with Crippen molar-refractivity contribution >= 4 is 11.5 Å². The van der Waals surface area contributed by atoms with E-state index in [1.807, 2.05) is 13.8 Å². The maximum Gasteiger partial charge on any atom is 0.176 e. The van der Waals surface area contributed by atoms with E-state index in [-0.39, 0.29) is 11.8 Å². The first-order valence-electron chi connectivity index (χ1n) is 3.80. The molecule has 0 unspecified atom stereocenters. The summed E-state index contributed by atoms with van der Waals surface area (Å²) in [7, 11) is 0. The molecule has 1 fully saturated rings. The normalized spacial score (nSPS) is 23.1. The fraction of sp³-hybridized carbons (Fsp3) is 0.750. The number of carbonyl (C=O) groups excluding carboxylic acids is 1. The van der Waals surface area contributed by atoms with E-state index >= 15 is 0 Å². The highest BCUT2D eigenvalue weighted by atomic mass is 16.1. The predicted octanol–water partition coefficient (Wildman–Crippen LogP) is 1.59. The average Bonchev–Trinajstić information content (AvgIpc) is 2.15. The summed E-state index contributed by atoms with van der Waals surface area (Å²) in [6.07, 6.45) is 2.62. The van der Waals surface area contributed by atoms with Crippen LogP contribution in [0.25, 0.3) is 0 Å². The number of Topliss-reactive ketones (excluding diaryl/α,β-unsaturated/α-hetero) is 1. The van der Waals surface area contributed by atoms with E-state index in [1.165, 1.54) is 0 Å². The Bertz CT molecular complexity index is 170. The standard InChI is InChI=1S/C8H13NO/c1-6(2)9-7-4-3-5-8(7)10/h6H,3-5H2,1-2H3. The molecular weight excluding hydrogens is 126 g/mol. The molecule has 56 valence electrons. The number of nitrogens with zero attached hydrogens (tertiary/aromatic N) is 1. The molecular formula is C8H13NO. The molecule has 0 saturated heterocycles. The first-order valence-corrected chi connectivity index (χ1v) is 3.80. The van der Waals surface area contributed by atoms with Gasteiger partial charge >= 0.3 is 0 Å². The molecule has 0 bridgehead atoms. The Balaban J connectivity index is 2.62. The molecule has 0 aromatic heterocycles. The molecule has 2 nitrogen and oxygen atoms in total. The Morgan fingerprint density at radius 1 is 1.40 bits per heavy atom. The highest BCUT2D eigenvalue weighted by Crippen LogP contribution is 2.11. The van der Waals surface area contributed by atoms with Crippen LogP contribution in [-0.2, 0) is 4.79 Å². The molecule has 0 aromatic rings. The molecule has 0 aliphatic heterocycles. The highest BCUT2D eigenvalue weighted by Gasteiger charge is 2.18. The van der Waals surface area contributed by atoms with Crippen LogP contribution < -0.4 is 0 Å². The van der Waals surface area contributed by atoms with E-state index in [1.54, 1.807) is 0 Å². The number of carbonyl (C=O) groups is 1. The van der Waals surface area contributed by atoms with Gasteiger partial charge in [0.2, 0.25) is 0 Å². The second kappa shape index (κ2) is 2.95. The van der Waals surface area contributed by atoms with Gasteiger partial charge in [0.05, 0.1) is 5.71 Å². The monoisotopic (exact) mass is 139 g/mol. The minimum atomic E-state index is 0.258. The molecule has 0 radical (unpaired) electrons. The van der Waals surface area contributed by atoms with Gasteiger partial charge in [-0.1, -0.05) is 0 Å². The van der Waals surface area contributed by atoms with Crippen LogP contribution in [0.3, 0.4) is 0 Å². The Hall–Kier alpha value is -0.660. The average molecular weight is 139 g/mol. The topological polar surface area (TPSA) is 29.4 Å². The number of rotatable bonds is 1. The first-order chi connectivity index (χ1) is 4.70. The van der Waals surface area contributed by atoms with E-state index in [0.717, 1.165) is 18.6 Å². The van der Waals surface area contributed by atoms with Crippen molar-refractivity contribution in [2.75, 3.05) is 0 Å². The van der Waals surface area contributed by atoms with Crippen molar-refractivity contribution in [2.45, 2.75) is 39.2 Å². The third-order valence-corrected chi connectivity index (χ3v) is 1.55. The van der Waals surface area contributed by atoms with Crippen LogP contribution in [-0.4, -0.2) is 17.5 Å². The molecule has 1 aliphatic rings. The Morgan fingerprint density at radius 2 is 2.10 bits per heavy atom. The van der Waals surface area contributed by atoms with Crippen molar-refractivity contribution in [3.8, 4) is 0 Å². The molecule has 0 atom stereocenters. The maximum atomic E-state index is 11.0. The maximum absolute atomic E-state index is 11.0. The highest BCUT2D eigenvalue weighted by molar-refractivity contribution is 6.41. The van der Waals surface area contributed by atoms with Gasteiger partial charge in [0.15, 0.2) is 5.78 Å². The van der Waals surface area contributed by atoms with Crippen LogP contribution in [0, 0.1) is 0 Å². The predicted molar refractivity (Wildman–Crippen MR) is 41.4 cm³/mol. The van der Waals surface area contributed by atoms with Crippen molar-refractivity contribution in [2.24, 2.45) is 4.99 Å². The van der Waals surface area contributed by atoms with Gasteiger partial charge in [-0.2, -0.15) is 0 Å². The van der Waals surface area contributed by atoms with E-state index < -0.39 is 0 Å². The number of ketones is 1. The minimum absolute atomic E-state index is 0.258. The Labute approximate surface area is 61.3 Å². The van der Waals surface area contributed by atoms with Gasteiger partial charge in [0.25, 0.3) is 0 Å². The van der Waals surface area contributed by atoms with Gasteiger partial charge in [-0.25, -0.2) is 0 Å². The van der Waals surface area contributed by atoms with E-state index in [2.05, 4.69) is 4.99 Å². The van der Waals surface area contributed by atoms with Crippen LogP contribution in [0.2, 0.25) is 0 Å². The lowest BCUT2D eigenvalue weighted by molar-refractivity contribution is -0.112. The molecule has 1 aliphatic carbocycles. The van der Waals surface area contributed by atoms with Crippen molar-refractivity contribution in [1.82, 2.24) is 0 Å². The lowest BCUT2D eigenvalue weighted by atomic mass is 10.3. The van der Waals surface area contributed by atoms with Gasteiger partial charge < -0.3 is 0 Å². The minimum Gasteiger partial charge on any atom is -0.293 e. The lowest BCUT2D eigenvalue weighted by Gasteiger charge is -1.97. The molecule has 10 heavy (non-hydrogen) atoms. The van der Waals surface area contributed by atoms with E-state index in [4.69, 9.17) is 0 Å². The van der Waals surface area contributed by atoms with Crippen molar-refractivity contribution in [3.05, 3.63) is 0 Å². The van der Waals surface area contributed by atoms with Crippen LogP contribution >= 0.6 is 0 Å². The summed E-state index contributed by atoms with van der Waals surface area (Å²) in [5, 5.41) is 0. The molecule has 0 heterocycles.